The third-order valence-electron chi connectivity index (χ3n) is 3.94. The normalized spacial score (nSPS) is 16.5. The Kier molecular flexibility index (Phi) is 6.18. The lowest BCUT2D eigenvalue weighted by molar-refractivity contribution is 0.0949. The molecular formula is C17H26N2O3S. The van der Waals surface area contributed by atoms with Gasteiger partial charge in [0.25, 0.3) is 5.91 Å². The summed E-state index contributed by atoms with van der Waals surface area (Å²) in [6, 6.07) is 6.84. The second kappa shape index (κ2) is 7.93. The van der Waals surface area contributed by atoms with Crippen LogP contribution in [0.2, 0.25) is 0 Å². The molecule has 1 amide bonds. The Morgan fingerprint density at radius 1 is 1.13 bits per heavy atom. The second-order valence-corrected chi connectivity index (χ2v) is 8.49. The summed E-state index contributed by atoms with van der Waals surface area (Å²) in [7, 11) is -3.26. The molecule has 0 spiro atoms. The van der Waals surface area contributed by atoms with Gasteiger partial charge in [0.2, 0.25) is 10.0 Å². The summed E-state index contributed by atoms with van der Waals surface area (Å²) >= 11 is 0. The van der Waals surface area contributed by atoms with E-state index >= 15 is 0 Å². The molecule has 6 heteroatoms. The van der Waals surface area contributed by atoms with Crippen LogP contribution in [0.5, 0.6) is 0 Å². The van der Waals surface area contributed by atoms with Crippen molar-refractivity contribution in [3.8, 4) is 0 Å². The van der Waals surface area contributed by atoms with Gasteiger partial charge in [-0.3, -0.25) is 4.79 Å². The predicted octanol–water partition coefficient (Wildman–Crippen LogP) is 2.39. The largest absolute Gasteiger partial charge is 0.352 e. The van der Waals surface area contributed by atoms with Crippen molar-refractivity contribution in [2.45, 2.75) is 38.9 Å². The van der Waals surface area contributed by atoms with Gasteiger partial charge in [0, 0.05) is 25.2 Å². The Labute approximate surface area is 139 Å². The van der Waals surface area contributed by atoms with Crippen molar-refractivity contribution in [1.29, 1.82) is 0 Å². The zero-order chi connectivity index (χ0) is 16.9. The van der Waals surface area contributed by atoms with Gasteiger partial charge < -0.3 is 5.32 Å². The van der Waals surface area contributed by atoms with Crippen LogP contribution in [0.1, 0.15) is 49.0 Å². The number of hydrogen-bond acceptors (Lipinski definition) is 3. The van der Waals surface area contributed by atoms with E-state index in [4.69, 9.17) is 0 Å². The fourth-order valence-electron chi connectivity index (χ4n) is 2.60. The van der Waals surface area contributed by atoms with Gasteiger partial charge in [-0.05, 0) is 36.5 Å². The van der Waals surface area contributed by atoms with Crippen molar-refractivity contribution in [1.82, 2.24) is 9.62 Å². The average molecular weight is 338 g/mol. The lowest BCUT2D eigenvalue weighted by Crippen LogP contribution is -2.36. The number of piperidine rings is 1. The lowest BCUT2D eigenvalue weighted by Gasteiger charge is -2.25. The van der Waals surface area contributed by atoms with E-state index < -0.39 is 10.0 Å². The van der Waals surface area contributed by atoms with E-state index in [1.807, 2.05) is 13.8 Å². The third-order valence-corrected chi connectivity index (χ3v) is 5.79. The van der Waals surface area contributed by atoms with Gasteiger partial charge in [-0.25, -0.2) is 12.7 Å². The third kappa shape index (κ3) is 5.32. The molecule has 1 aliphatic heterocycles. The number of sulfonamides is 1. The Hall–Kier alpha value is -1.40. The van der Waals surface area contributed by atoms with Gasteiger partial charge in [-0.15, -0.1) is 0 Å². The molecule has 0 bridgehead atoms. The average Bonchev–Trinajstić information content (AvgIpc) is 2.54. The molecule has 0 saturated carbocycles. The number of amides is 1. The molecule has 1 aromatic rings. The maximum atomic E-state index is 12.4. The summed E-state index contributed by atoms with van der Waals surface area (Å²) in [6.45, 7) is 5.95. The summed E-state index contributed by atoms with van der Waals surface area (Å²) in [5, 5.41) is 2.85. The molecule has 1 saturated heterocycles. The highest BCUT2D eigenvalue weighted by atomic mass is 32.2. The summed E-state index contributed by atoms with van der Waals surface area (Å²) < 4.78 is 26.4. The first-order valence-corrected chi connectivity index (χ1v) is 9.84. The molecule has 1 aliphatic rings. The smallest absolute Gasteiger partial charge is 0.251 e. The number of carbonyl (C=O) groups is 1. The SMILES string of the molecule is CC(C)CNC(=O)c1ccc(CS(=O)(=O)N2CCCCC2)cc1. The Balaban J connectivity index is 1.98. The minimum atomic E-state index is -3.26. The van der Waals surface area contributed by atoms with Crippen LogP contribution >= 0.6 is 0 Å². The van der Waals surface area contributed by atoms with Crippen LogP contribution < -0.4 is 5.32 Å². The van der Waals surface area contributed by atoms with Gasteiger partial charge in [0.15, 0.2) is 0 Å². The molecule has 128 valence electrons. The number of hydrogen-bond donors (Lipinski definition) is 1. The van der Waals surface area contributed by atoms with Crippen molar-refractivity contribution < 1.29 is 13.2 Å². The zero-order valence-corrected chi connectivity index (χ0v) is 14.7. The summed E-state index contributed by atoms with van der Waals surface area (Å²) in [5.41, 5.74) is 1.28. The first-order chi connectivity index (χ1) is 10.9. The molecular weight excluding hydrogens is 312 g/mol. The van der Waals surface area contributed by atoms with Crippen LogP contribution in [0.25, 0.3) is 0 Å². The number of nitrogens with one attached hydrogen (secondary N) is 1. The molecule has 0 radical (unpaired) electrons. The number of nitrogens with zero attached hydrogens (tertiary/aromatic N) is 1. The first-order valence-electron chi connectivity index (χ1n) is 8.23. The minimum Gasteiger partial charge on any atom is -0.352 e. The second-order valence-electron chi connectivity index (χ2n) is 6.52. The number of benzene rings is 1. The summed E-state index contributed by atoms with van der Waals surface area (Å²) in [5.74, 6) is 0.276. The van der Waals surface area contributed by atoms with Gasteiger partial charge in [-0.1, -0.05) is 32.4 Å². The molecule has 23 heavy (non-hydrogen) atoms. The Bertz CT molecular complexity index is 618. The number of rotatable bonds is 6. The molecule has 0 aromatic heterocycles. The zero-order valence-electron chi connectivity index (χ0n) is 13.9. The number of carbonyl (C=O) groups excluding carboxylic acids is 1. The van der Waals surface area contributed by atoms with E-state index in [1.54, 1.807) is 28.6 Å². The lowest BCUT2D eigenvalue weighted by atomic mass is 10.1. The van der Waals surface area contributed by atoms with Crippen LogP contribution in [0.4, 0.5) is 0 Å². The van der Waals surface area contributed by atoms with Gasteiger partial charge in [0.1, 0.15) is 0 Å². The summed E-state index contributed by atoms with van der Waals surface area (Å²) in [6.07, 6.45) is 2.98. The Morgan fingerprint density at radius 2 is 1.74 bits per heavy atom. The molecule has 5 nitrogen and oxygen atoms in total. The van der Waals surface area contributed by atoms with E-state index in [9.17, 15) is 13.2 Å². The van der Waals surface area contributed by atoms with E-state index in [2.05, 4.69) is 5.32 Å². The van der Waals surface area contributed by atoms with E-state index in [0.29, 0.717) is 31.1 Å². The molecule has 1 fully saturated rings. The van der Waals surface area contributed by atoms with Crippen LogP contribution in [0, 0.1) is 5.92 Å². The quantitative estimate of drug-likeness (QED) is 0.866. The fraction of sp³-hybridized carbons (Fsp3) is 0.588. The highest BCUT2D eigenvalue weighted by molar-refractivity contribution is 7.88. The van der Waals surface area contributed by atoms with Crippen molar-refractivity contribution in [2.75, 3.05) is 19.6 Å². The Morgan fingerprint density at radius 3 is 2.30 bits per heavy atom. The van der Waals surface area contributed by atoms with Crippen molar-refractivity contribution in [3.05, 3.63) is 35.4 Å². The van der Waals surface area contributed by atoms with Crippen LogP contribution in [-0.2, 0) is 15.8 Å². The molecule has 1 N–H and O–H groups in total. The van der Waals surface area contributed by atoms with Gasteiger partial charge in [0.05, 0.1) is 5.75 Å². The topological polar surface area (TPSA) is 66.5 Å². The molecule has 1 heterocycles. The minimum absolute atomic E-state index is 0.000886. The highest BCUT2D eigenvalue weighted by Crippen LogP contribution is 2.17. The van der Waals surface area contributed by atoms with E-state index in [0.717, 1.165) is 24.8 Å². The van der Waals surface area contributed by atoms with Gasteiger partial charge in [-0.2, -0.15) is 0 Å². The fourth-order valence-corrected chi connectivity index (χ4v) is 4.21. The molecule has 2 rings (SSSR count). The predicted molar refractivity (Wildman–Crippen MR) is 91.7 cm³/mol. The molecule has 1 aromatic carbocycles. The monoisotopic (exact) mass is 338 g/mol. The van der Waals surface area contributed by atoms with Crippen LogP contribution in [0.3, 0.4) is 0 Å². The standard InChI is InChI=1S/C17H26N2O3S/c1-14(2)12-18-17(20)16-8-6-15(7-9-16)13-23(21,22)19-10-4-3-5-11-19/h6-9,14H,3-5,10-13H2,1-2H3,(H,18,20). The van der Waals surface area contributed by atoms with Crippen molar-refractivity contribution >= 4 is 15.9 Å². The molecule has 0 aliphatic carbocycles. The van der Waals surface area contributed by atoms with Gasteiger partial charge >= 0.3 is 0 Å². The van der Waals surface area contributed by atoms with E-state index in [1.165, 1.54) is 0 Å². The summed E-state index contributed by atoms with van der Waals surface area (Å²) in [4.78, 5) is 12.0. The maximum Gasteiger partial charge on any atom is 0.251 e. The molecule has 0 atom stereocenters. The van der Waals surface area contributed by atoms with Crippen molar-refractivity contribution in [3.63, 3.8) is 0 Å². The van der Waals surface area contributed by atoms with Crippen LogP contribution in [-0.4, -0.2) is 38.3 Å². The first kappa shape index (κ1) is 17.9. The maximum absolute atomic E-state index is 12.4. The van der Waals surface area contributed by atoms with Crippen molar-refractivity contribution in [2.24, 2.45) is 5.92 Å². The van der Waals surface area contributed by atoms with E-state index in [-0.39, 0.29) is 11.7 Å². The highest BCUT2D eigenvalue weighted by Gasteiger charge is 2.24. The van der Waals surface area contributed by atoms with Crippen LogP contribution in [0.15, 0.2) is 24.3 Å². The molecule has 0 unspecified atom stereocenters.